The summed E-state index contributed by atoms with van der Waals surface area (Å²) < 4.78 is 5.53. The van der Waals surface area contributed by atoms with Gasteiger partial charge < -0.3 is 4.74 Å². The molecule has 1 amide bonds. The normalized spacial score (nSPS) is 14.4. The Morgan fingerprint density at radius 2 is 1.60 bits per heavy atom. The predicted molar refractivity (Wildman–Crippen MR) is 101 cm³/mol. The van der Waals surface area contributed by atoms with E-state index >= 15 is 0 Å². The number of amides is 1. The zero-order valence-corrected chi connectivity index (χ0v) is 15.2. The number of rotatable bonds is 3. The molecule has 0 N–H and O–H groups in total. The summed E-state index contributed by atoms with van der Waals surface area (Å²) in [5, 5.41) is 0. The van der Waals surface area contributed by atoms with Crippen LogP contribution in [0, 0.1) is 5.41 Å². The van der Waals surface area contributed by atoms with Gasteiger partial charge in [0, 0.05) is 23.1 Å². The second kappa shape index (κ2) is 6.71. The van der Waals surface area contributed by atoms with Crippen LogP contribution in [-0.4, -0.2) is 36.8 Å². The van der Waals surface area contributed by atoms with Crippen LogP contribution in [0.5, 0.6) is 5.75 Å². The Kier molecular flexibility index (Phi) is 4.62. The highest BCUT2D eigenvalue weighted by Crippen LogP contribution is 2.34. The van der Waals surface area contributed by atoms with E-state index in [-0.39, 0.29) is 5.91 Å². The minimum absolute atomic E-state index is 0.0959. The van der Waals surface area contributed by atoms with Crippen molar-refractivity contribution in [3.63, 3.8) is 0 Å². The molecular weight excluding hydrogens is 312 g/mol. The fourth-order valence-electron chi connectivity index (χ4n) is 3.06. The van der Waals surface area contributed by atoms with Gasteiger partial charge in [0.1, 0.15) is 11.6 Å². The molecule has 4 heteroatoms. The summed E-state index contributed by atoms with van der Waals surface area (Å²) in [5.41, 5.74) is 2.54. The molecule has 2 aromatic rings. The van der Waals surface area contributed by atoms with Crippen molar-refractivity contribution in [2.75, 3.05) is 20.2 Å². The van der Waals surface area contributed by atoms with E-state index in [0.717, 1.165) is 28.3 Å². The first kappa shape index (κ1) is 17.2. The lowest BCUT2D eigenvalue weighted by molar-refractivity contribution is -0.134. The van der Waals surface area contributed by atoms with E-state index in [0.29, 0.717) is 13.1 Å². The minimum atomic E-state index is -0.440. The molecule has 130 valence electrons. The zero-order chi connectivity index (χ0) is 18.0. The van der Waals surface area contributed by atoms with Crippen LogP contribution < -0.4 is 4.74 Å². The molecule has 4 nitrogen and oxygen atoms in total. The summed E-state index contributed by atoms with van der Waals surface area (Å²) in [4.78, 5) is 19.3. The van der Waals surface area contributed by atoms with Gasteiger partial charge in [-0.15, -0.1) is 0 Å². The second-order valence-corrected chi connectivity index (χ2v) is 7.16. The molecule has 1 aliphatic heterocycles. The van der Waals surface area contributed by atoms with E-state index in [1.165, 1.54) is 0 Å². The SMILES string of the molecule is COc1ccccc1-c1ccccc1C1=NCCN1C(=O)C(C)(C)C. The fraction of sp³-hybridized carbons (Fsp3) is 0.333. The smallest absolute Gasteiger partial charge is 0.233 e. The van der Waals surface area contributed by atoms with Gasteiger partial charge in [0.25, 0.3) is 0 Å². The highest BCUT2D eigenvalue weighted by molar-refractivity contribution is 6.13. The second-order valence-electron chi connectivity index (χ2n) is 7.16. The van der Waals surface area contributed by atoms with Crippen LogP contribution >= 0.6 is 0 Å². The predicted octanol–water partition coefficient (Wildman–Crippen LogP) is 4.00. The molecular formula is C21H24N2O2. The molecule has 3 rings (SSSR count). The first-order valence-corrected chi connectivity index (χ1v) is 8.52. The van der Waals surface area contributed by atoms with Crippen LogP contribution in [0.2, 0.25) is 0 Å². The molecule has 0 atom stereocenters. The van der Waals surface area contributed by atoms with Crippen molar-refractivity contribution in [1.82, 2.24) is 4.90 Å². The van der Waals surface area contributed by atoms with E-state index in [1.54, 1.807) is 7.11 Å². The molecule has 1 heterocycles. The lowest BCUT2D eigenvalue weighted by Gasteiger charge is -2.27. The van der Waals surface area contributed by atoms with Crippen LogP contribution in [0.1, 0.15) is 26.3 Å². The topological polar surface area (TPSA) is 41.9 Å². The lowest BCUT2D eigenvalue weighted by Crippen LogP contribution is -2.42. The average molecular weight is 336 g/mol. The first-order chi connectivity index (χ1) is 11.9. The van der Waals surface area contributed by atoms with E-state index < -0.39 is 5.41 Å². The summed E-state index contributed by atoms with van der Waals surface area (Å²) in [6.07, 6.45) is 0. The Hall–Kier alpha value is -2.62. The monoisotopic (exact) mass is 336 g/mol. The average Bonchev–Trinajstić information content (AvgIpc) is 3.09. The maximum Gasteiger partial charge on any atom is 0.233 e. The summed E-state index contributed by atoms with van der Waals surface area (Å²) in [7, 11) is 1.67. The third-order valence-corrected chi connectivity index (χ3v) is 4.29. The summed E-state index contributed by atoms with van der Waals surface area (Å²) in [6, 6.07) is 16.0. The standard InChI is InChI=1S/C21H24N2O2/c1-21(2,3)20(24)23-14-13-22-19(23)17-11-6-5-9-15(17)16-10-7-8-12-18(16)25-4/h5-12H,13-14H2,1-4H3. The van der Waals surface area contributed by atoms with Crippen LogP contribution in [0.25, 0.3) is 11.1 Å². The lowest BCUT2D eigenvalue weighted by atomic mass is 9.93. The summed E-state index contributed by atoms with van der Waals surface area (Å²) >= 11 is 0. The van der Waals surface area contributed by atoms with Crippen LogP contribution in [0.3, 0.4) is 0 Å². The highest BCUT2D eigenvalue weighted by Gasteiger charge is 2.33. The van der Waals surface area contributed by atoms with Crippen molar-refractivity contribution < 1.29 is 9.53 Å². The van der Waals surface area contributed by atoms with Gasteiger partial charge in [0.05, 0.1) is 13.7 Å². The number of benzene rings is 2. The van der Waals surface area contributed by atoms with Gasteiger partial charge in [0.2, 0.25) is 5.91 Å². The number of carbonyl (C=O) groups excluding carboxylic acids is 1. The Morgan fingerprint density at radius 3 is 2.24 bits per heavy atom. The molecule has 1 aliphatic rings. The van der Waals surface area contributed by atoms with Gasteiger partial charge in [-0.1, -0.05) is 63.2 Å². The minimum Gasteiger partial charge on any atom is -0.496 e. The van der Waals surface area contributed by atoms with Gasteiger partial charge >= 0.3 is 0 Å². The Balaban J connectivity index is 2.09. The number of methoxy groups -OCH3 is 1. The number of nitrogens with zero attached hydrogens (tertiary/aromatic N) is 2. The quantitative estimate of drug-likeness (QED) is 0.850. The third-order valence-electron chi connectivity index (χ3n) is 4.29. The molecule has 0 spiro atoms. The Labute approximate surface area is 149 Å². The largest absolute Gasteiger partial charge is 0.496 e. The number of hydrogen-bond acceptors (Lipinski definition) is 3. The molecule has 25 heavy (non-hydrogen) atoms. The van der Waals surface area contributed by atoms with Crippen LogP contribution in [-0.2, 0) is 4.79 Å². The summed E-state index contributed by atoms with van der Waals surface area (Å²) in [6.45, 7) is 7.09. The van der Waals surface area contributed by atoms with E-state index in [2.05, 4.69) is 4.99 Å². The molecule has 2 aromatic carbocycles. The first-order valence-electron chi connectivity index (χ1n) is 8.52. The van der Waals surface area contributed by atoms with Crippen LogP contribution in [0.4, 0.5) is 0 Å². The van der Waals surface area contributed by atoms with E-state index in [9.17, 15) is 4.79 Å². The number of amidine groups is 1. The van der Waals surface area contributed by atoms with Gasteiger partial charge in [-0.05, 0) is 11.6 Å². The fourth-order valence-corrected chi connectivity index (χ4v) is 3.06. The Bertz CT molecular complexity index is 819. The summed E-state index contributed by atoms with van der Waals surface area (Å²) in [5.74, 6) is 1.65. The molecule has 0 fully saturated rings. The highest BCUT2D eigenvalue weighted by atomic mass is 16.5. The van der Waals surface area contributed by atoms with Gasteiger partial charge in [0.15, 0.2) is 0 Å². The van der Waals surface area contributed by atoms with Gasteiger partial charge in [-0.2, -0.15) is 0 Å². The molecule has 0 unspecified atom stereocenters. The van der Waals surface area contributed by atoms with Gasteiger partial charge in [-0.3, -0.25) is 14.7 Å². The maximum absolute atomic E-state index is 12.8. The van der Waals surface area contributed by atoms with E-state index in [1.807, 2.05) is 74.2 Å². The molecule has 0 saturated carbocycles. The number of hydrogen-bond donors (Lipinski definition) is 0. The van der Waals surface area contributed by atoms with Gasteiger partial charge in [-0.25, -0.2) is 0 Å². The van der Waals surface area contributed by atoms with Crippen molar-refractivity contribution in [2.24, 2.45) is 10.4 Å². The molecule has 0 bridgehead atoms. The van der Waals surface area contributed by atoms with Crippen molar-refractivity contribution in [3.05, 3.63) is 54.1 Å². The molecule has 0 aliphatic carbocycles. The van der Waals surface area contributed by atoms with Crippen molar-refractivity contribution in [2.45, 2.75) is 20.8 Å². The van der Waals surface area contributed by atoms with Crippen LogP contribution in [0.15, 0.2) is 53.5 Å². The zero-order valence-electron chi connectivity index (χ0n) is 15.2. The number of para-hydroxylation sites is 1. The maximum atomic E-state index is 12.8. The van der Waals surface area contributed by atoms with E-state index in [4.69, 9.17) is 4.74 Å². The Morgan fingerprint density at radius 1 is 1.00 bits per heavy atom. The van der Waals surface area contributed by atoms with Crippen molar-refractivity contribution >= 4 is 11.7 Å². The van der Waals surface area contributed by atoms with Crippen molar-refractivity contribution in [3.8, 4) is 16.9 Å². The number of aliphatic imine (C=N–C) groups is 1. The molecule has 0 radical (unpaired) electrons. The molecule has 0 aromatic heterocycles. The molecule has 0 saturated heterocycles. The number of carbonyl (C=O) groups is 1. The van der Waals surface area contributed by atoms with Crippen molar-refractivity contribution in [1.29, 1.82) is 0 Å². The third kappa shape index (κ3) is 3.29. The number of ether oxygens (including phenoxy) is 1.